The van der Waals surface area contributed by atoms with Gasteiger partial charge in [-0.3, -0.25) is 4.98 Å². The van der Waals surface area contributed by atoms with Crippen LogP contribution in [-0.4, -0.2) is 27.4 Å². The molecule has 1 radical (unpaired) electrons. The molecule has 4 rings (SSSR count). The first-order chi connectivity index (χ1) is 14.8. The Kier molecular flexibility index (Phi) is 9.74. The van der Waals surface area contributed by atoms with E-state index in [1.54, 1.807) is 13.8 Å². The summed E-state index contributed by atoms with van der Waals surface area (Å²) in [6.45, 7) is 7.57. The molecule has 0 spiro atoms. The quantitative estimate of drug-likeness (QED) is 0.288. The third kappa shape index (κ3) is 6.82. The van der Waals surface area contributed by atoms with Crippen molar-refractivity contribution in [3.8, 4) is 11.3 Å². The van der Waals surface area contributed by atoms with Gasteiger partial charge >= 0.3 is 0 Å². The van der Waals surface area contributed by atoms with Gasteiger partial charge < -0.3 is 10.2 Å². The summed E-state index contributed by atoms with van der Waals surface area (Å²) in [5, 5.41) is 20.1. The molecule has 4 aromatic rings. The molecule has 0 aliphatic rings. The van der Waals surface area contributed by atoms with E-state index in [1.807, 2.05) is 48.5 Å². The third-order valence-electron chi connectivity index (χ3n) is 5.25. The maximum Gasteiger partial charge on any atom is 0.0605 e. The molecule has 32 heavy (non-hydrogen) atoms. The molecule has 0 saturated heterocycles. The van der Waals surface area contributed by atoms with Gasteiger partial charge in [0.25, 0.3) is 0 Å². The largest absolute Gasteiger partial charge is 0.393 e. The van der Waals surface area contributed by atoms with Crippen molar-refractivity contribution in [1.29, 1.82) is 0 Å². The molecule has 0 bridgehead atoms. The number of nitrogens with zero attached hydrogens (tertiary/aromatic N) is 1. The van der Waals surface area contributed by atoms with Crippen LogP contribution in [0.1, 0.15) is 36.5 Å². The van der Waals surface area contributed by atoms with E-state index in [2.05, 4.69) is 50.2 Å². The average molecular weight is 605 g/mol. The van der Waals surface area contributed by atoms with Gasteiger partial charge in [-0.25, -0.2) is 0 Å². The molecule has 0 saturated carbocycles. The number of benzene rings is 3. The van der Waals surface area contributed by atoms with Crippen molar-refractivity contribution in [2.45, 2.75) is 45.8 Å². The first-order valence-electron chi connectivity index (χ1n) is 10.6. The number of fused-ring (bicyclic) bond motifs is 1. The molecular formula is C28H30IrNO2-. The fraction of sp³-hybridized carbons (Fsp3) is 0.250. The Morgan fingerprint density at radius 1 is 0.781 bits per heavy atom. The Morgan fingerprint density at radius 3 is 2.03 bits per heavy atom. The number of hydrogen-bond donors (Lipinski definition) is 2. The van der Waals surface area contributed by atoms with Gasteiger partial charge in [-0.1, -0.05) is 74.5 Å². The van der Waals surface area contributed by atoms with Crippen LogP contribution in [0.5, 0.6) is 0 Å². The zero-order valence-corrected chi connectivity index (χ0v) is 21.3. The Balaban J connectivity index is 0.000000232. The number of aliphatic hydroxyl groups excluding tert-OH is 2. The molecule has 3 nitrogen and oxygen atoms in total. The molecule has 0 amide bonds. The molecule has 1 aromatic heterocycles. The van der Waals surface area contributed by atoms with Gasteiger partial charge in [0.15, 0.2) is 0 Å². The van der Waals surface area contributed by atoms with Crippen LogP contribution in [0.15, 0.2) is 78.9 Å². The van der Waals surface area contributed by atoms with E-state index in [0.717, 1.165) is 27.9 Å². The molecule has 4 heteroatoms. The van der Waals surface area contributed by atoms with Crippen molar-refractivity contribution in [2.24, 2.45) is 0 Å². The number of aliphatic hydroxyl groups is 2. The number of rotatable bonds is 4. The molecular weight excluding hydrogens is 575 g/mol. The van der Waals surface area contributed by atoms with Crippen molar-refractivity contribution in [2.75, 3.05) is 0 Å². The van der Waals surface area contributed by atoms with Crippen LogP contribution in [0.3, 0.4) is 0 Å². The van der Waals surface area contributed by atoms with E-state index in [-0.39, 0.29) is 26.0 Å². The minimum atomic E-state index is -0.526. The van der Waals surface area contributed by atoms with Crippen LogP contribution in [-0.2, 0) is 20.1 Å². The second kappa shape index (κ2) is 12.0. The number of aromatic nitrogens is 1. The first kappa shape index (κ1) is 25.9. The Morgan fingerprint density at radius 2 is 1.41 bits per heavy atom. The summed E-state index contributed by atoms with van der Waals surface area (Å²) in [6.07, 6.45) is -1.05. The topological polar surface area (TPSA) is 53.4 Å². The first-order valence-corrected chi connectivity index (χ1v) is 10.6. The summed E-state index contributed by atoms with van der Waals surface area (Å²) >= 11 is 0. The zero-order valence-electron chi connectivity index (χ0n) is 18.9. The van der Waals surface area contributed by atoms with Gasteiger partial charge in [0, 0.05) is 26.0 Å². The number of aryl methyl sites for hydroxylation is 2. The predicted molar refractivity (Wildman–Crippen MR) is 128 cm³/mol. The fourth-order valence-electron chi connectivity index (χ4n) is 3.88. The van der Waals surface area contributed by atoms with E-state index >= 15 is 0 Å². The van der Waals surface area contributed by atoms with Gasteiger partial charge in [-0.2, -0.15) is 0 Å². The monoisotopic (exact) mass is 605 g/mol. The summed E-state index contributed by atoms with van der Waals surface area (Å²) in [5.74, 6) is -0.193. The molecule has 1 heterocycles. The van der Waals surface area contributed by atoms with Crippen LogP contribution < -0.4 is 0 Å². The van der Waals surface area contributed by atoms with Crippen molar-refractivity contribution < 1.29 is 30.3 Å². The summed E-state index contributed by atoms with van der Waals surface area (Å²) in [4.78, 5) is 4.70. The SMILES string of the molecule is CC(O)C(c1ccccc1)C(C)O.Cc1[c-]c(-c2ccc3ccccc3n2)cc(C)c1.[Ir]. The minimum absolute atomic E-state index is 0. The smallest absolute Gasteiger partial charge is 0.0605 e. The van der Waals surface area contributed by atoms with Crippen LogP contribution in [0.2, 0.25) is 0 Å². The maximum atomic E-state index is 9.48. The molecule has 169 valence electrons. The Labute approximate surface area is 204 Å². The molecule has 2 N–H and O–H groups in total. The fourth-order valence-corrected chi connectivity index (χ4v) is 3.88. The molecule has 2 atom stereocenters. The van der Waals surface area contributed by atoms with Gasteiger partial charge in [0.1, 0.15) is 0 Å². The number of hydrogen-bond acceptors (Lipinski definition) is 3. The predicted octanol–water partition coefficient (Wildman–Crippen LogP) is 5.85. The van der Waals surface area contributed by atoms with E-state index in [9.17, 15) is 10.2 Å². The molecule has 3 aromatic carbocycles. The van der Waals surface area contributed by atoms with E-state index < -0.39 is 12.2 Å². The average Bonchev–Trinajstić information content (AvgIpc) is 2.73. The van der Waals surface area contributed by atoms with E-state index in [0.29, 0.717) is 0 Å². The van der Waals surface area contributed by atoms with Gasteiger partial charge in [-0.05, 0) is 36.6 Å². The van der Waals surface area contributed by atoms with Gasteiger partial charge in [-0.15, -0.1) is 34.9 Å². The van der Waals surface area contributed by atoms with Crippen LogP contribution in [0.25, 0.3) is 22.2 Å². The Hall–Kier alpha value is -2.36. The summed E-state index contributed by atoms with van der Waals surface area (Å²) in [5.41, 5.74) is 6.46. The van der Waals surface area contributed by atoms with Crippen molar-refractivity contribution in [1.82, 2.24) is 4.98 Å². The van der Waals surface area contributed by atoms with Crippen molar-refractivity contribution in [3.05, 3.63) is 102 Å². The van der Waals surface area contributed by atoms with Crippen LogP contribution in [0.4, 0.5) is 0 Å². The number of pyridine rings is 1. The third-order valence-corrected chi connectivity index (χ3v) is 5.25. The Bertz CT molecular complexity index is 1100. The van der Waals surface area contributed by atoms with Crippen LogP contribution >= 0.6 is 0 Å². The van der Waals surface area contributed by atoms with E-state index in [4.69, 9.17) is 4.98 Å². The summed E-state index contributed by atoms with van der Waals surface area (Å²) in [7, 11) is 0. The standard InChI is InChI=1S/C17H14N.C11H16O2.Ir/c1-12-9-13(2)11-15(10-12)17-8-7-14-5-3-4-6-16(14)18-17;1-8(12)11(9(2)13)10-6-4-3-5-7-10;/h3-10H,1-2H3;3-9,11-13H,1-2H3;/q-1;;. The van der Waals surface area contributed by atoms with E-state index in [1.165, 1.54) is 10.9 Å². The van der Waals surface area contributed by atoms with Gasteiger partial charge in [0.2, 0.25) is 0 Å². The second-order valence-corrected chi connectivity index (χ2v) is 8.06. The van der Waals surface area contributed by atoms with Gasteiger partial charge in [0.05, 0.1) is 17.7 Å². The summed E-state index contributed by atoms with van der Waals surface area (Å²) in [6, 6.07) is 29.6. The molecule has 0 aliphatic heterocycles. The second-order valence-electron chi connectivity index (χ2n) is 8.06. The van der Waals surface area contributed by atoms with Crippen molar-refractivity contribution in [3.63, 3.8) is 0 Å². The van der Waals surface area contributed by atoms with Crippen molar-refractivity contribution >= 4 is 10.9 Å². The summed E-state index contributed by atoms with van der Waals surface area (Å²) < 4.78 is 0. The molecule has 0 fully saturated rings. The van der Waals surface area contributed by atoms with Crippen LogP contribution in [0, 0.1) is 19.9 Å². The maximum absolute atomic E-state index is 9.48. The number of para-hydroxylation sites is 1. The minimum Gasteiger partial charge on any atom is -0.393 e. The molecule has 2 unspecified atom stereocenters. The zero-order chi connectivity index (χ0) is 22.4. The normalized spacial score (nSPS) is 13.3. The molecule has 0 aliphatic carbocycles.